The Labute approximate surface area is 135 Å². The molecule has 0 radical (unpaired) electrons. The molecule has 2 aliphatic heterocycles. The van der Waals surface area contributed by atoms with E-state index in [0.717, 1.165) is 32.3 Å². The number of methoxy groups -OCH3 is 1. The summed E-state index contributed by atoms with van der Waals surface area (Å²) in [5.41, 5.74) is -0.186. The van der Waals surface area contributed by atoms with Crippen molar-refractivity contribution in [2.75, 3.05) is 26.8 Å². The molecule has 0 N–H and O–H groups in total. The minimum Gasteiger partial charge on any atom is -0.378 e. The summed E-state index contributed by atoms with van der Waals surface area (Å²) in [6.45, 7) is 1.99. The van der Waals surface area contributed by atoms with Crippen molar-refractivity contribution < 1.29 is 14.3 Å². The van der Waals surface area contributed by atoms with Crippen LogP contribution in [0.5, 0.6) is 0 Å². The van der Waals surface area contributed by atoms with Gasteiger partial charge in [-0.15, -0.1) is 0 Å². The fraction of sp³-hybridized carbons (Fsp3) is 0.688. The molecule has 126 valence electrons. The lowest BCUT2D eigenvalue weighted by molar-refractivity contribution is -0.183. The van der Waals surface area contributed by atoms with Gasteiger partial charge in [-0.25, -0.2) is 4.68 Å². The number of nitrogens with zero attached hydrogens (tertiary/aromatic N) is 3. The van der Waals surface area contributed by atoms with Gasteiger partial charge >= 0.3 is 0 Å². The van der Waals surface area contributed by atoms with Gasteiger partial charge in [0.2, 0.25) is 0 Å². The Hall–Kier alpha value is -1.73. The van der Waals surface area contributed by atoms with Crippen molar-refractivity contribution in [2.45, 2.75) is 37.4 Å². The van der Waals surface area contributed by atoms with E-state index in [0.29, 0.717) is 18.8 Å². The largest absolute Gasteiger partial charge is 0.378 e. The third-order valence-electron chi connectivity index (χ3n) is 4.95. The normalized spacial score (nSPS) is 23.9. The van der Waals surface area contributed by atoms with Crippen molar-refractivity contribution in [2.24, 2.45) is 7.05 Å². The first-order chi connectivity index (χ1) is 11.1. The van der Waals surface area contributed by atoms with Gasteiger partial charge < -0.3 is 14.4 Å². The molecule has 1 amide bonds. The zero-order valence-corrected chi connectivity index (χ0v) is 13.7. The van der Waals surface area contributed by atoms with Crippen LogP contribution in [0.1, 0.15) is 36.2 Å². The number of ether oxygens (including phenoxy) is 2. The maximum atomic E-state index is 12.6. The number of hydrogen-bond acceptors (Lipinski definition) is 5. The maximum absolute atomic E-state index is 12.6. The molecule has 23 heavy (non-hydrogen) atoms. The number of carbonyl (C=O) groups excluding carboxylic acids is 1. The minimum absolute atomic E-state index is 0.101. The van der Waals surface area contributed by atoms with Gasteiger partial charge in [-0.2, -0.15) is 5.10 Å². The topological polar surface area (TPSA) is 73.7 Å². The molecule has 0 saturated carbocycles. The molecule has 0 unspecified atom stereocenters. The van der Waals surface area contributed by atoms with E-state index < -0.39 is 0 Å². The van der Waals surface area contributed by atoms with Crippen molar-refractivity contribution in [3.05, 3.63) is 28.2 Å². The summed E-state index contributed by atoms with van der Waals surface area (Å²) in [7, 11) is 3.27. The summed E-state index contributed by atoms with van der Waals surface area (Å²) in [6.07, 6.45) is 3.66. The van der Waals surface area contributed by atoms with E-state index >= 15 is 0 Å². The van der Waals surface area contributed by atoms with E-state index in [1.165, 1.54) is 16.8 Å². The van der Waals surface area contributed by atoms with Crippen LogP contribution in [0.3, 0.4) is 0 Å². The van der Waals surface area contributed by atoms with E-state index in [9.17, 15) is 9.59 Å². The molecule has 1 aromatic heterocycles. The number of amides is 1. The van der Waals surface area contributed by atoms with Crippen LogP contribution in [0.15, 0.2) is 16.9 Å². The number of piperidine rings is 1. The molecule has 3 rings (SSSR count). The number of likely N-dealkylation sites (tertiary alicyclic amines) is 1. The number of carbonyl (C=O) groups is 1. The lowest BCUT2D eigenvalue weighted by Gasteiger charge is -2.47. The Bertz CT molecular complexity index is 634. The molecule has 0 aromatic carbocycles. The first kappa shape index (κ1) is 16.1. The highest BCUT2D eigenvalue weighted by molar-refractivity contribution is 5.92. The fourth-order valence-electron chi connectivity index (χ4n) is 3.57. The zero-order chi connectivity index (χ0) is 16.4. The Balaban J connectivity index is 1.69. The summed E-state index contributed by atoms with van der Waals surface area (Å²) >= 11 is 0. The molecule has 1 atom stereocenters. The molecule has 0 aliphatic carbocycles. The SMILES string of the molecule is CO[C@@H]1CCCOC12CCN(C(=O)c1ccc(=O)n(C)n1)CC2. The highest BCUT2D eigenvalue weighted by atomic mass is 16.5. The Morgan fingerprint density at radius 1 is 1.39 bits per heavy atom. The lowest BCUT2D eigenvalue weighted by atomic mass is 9.82. The molecule has 2 aliphatic rings. The van der Waals surface area contributed by atoms with Gasteiger partial charge in [0.05, 0.1) is 11.7 Å². The molecule has 0 bridgehead atoms. The molecule has 1 spiro atoms. The van der Waals surface area contributed by atoms with Gasteiger partial charge in [0.1, 0.15) is 5.69 Å². The number of aryl methyl sites for hydroxylation is 1. The quantitative estimate of drug-likeness (QED) is 0.797. The van der Waals surface area contributed by atoms with Crippen molar-refractivity contribution in [3.63, 3.8) is 0 Å². The van der Waals surface area contributed by atoms with Crippen LogP contribution in [-0.4, -0.2) is 59.1 Å². The second kappa shape index (κ2) is 6.41. The van der Waals surface area contributed by atoms with Gasteiger partial charge in [-0.1, -0.05) is 0 Å². The first-order valence-corrected chi connectivity index (χ1v) is 8.06. The van der Waals surface area contributed by atoms with Gasteiger partial charge in [0.15, 0.2) is 0 Å². The van der Waals surface area contributed by atoms with Crippen molar-refractivity contribution in [1.82, 2.24) is 14.7 Å². The van der Waals surface area contributed by atoms with Gasteiger partial charge in [0.25, 0.3) is 11.5 Å². The minimum atomic E-state index is -0.263. The van der Waals surface area contributed by atoms with Gasteiger partial charge in [-0.05, 0) is 31.7 Å². The molecular formula is C16H23N3O4. The molecular weight excluding hydrogens is 298 g/mol. The fourth-order valence-corrected chi connectivity index (χ4v) is 3.57. The molecule has 1 aromatic rings. The predicted molar refractivity (Wildman–Crippen MR) is 83.3 cm³/mol. The average Bonchev–Trinajstić information content (AvgIpc) is 2.58. The van der Waals surface area contributed by atoms with E-state index in [1.807, 2.05) is 0 Å². The van der Waals surface area contributed by atoms with Crippen LogP contribution >= 0.6 is 0 Å². The predicted octanol–water partition coefficient (Wildman–Crippen LogP) is 0.581. The van der Waals surface area contributed by atoms with E-state index in [4.69, 9.17) is 9.47 Å². The summed E-state index contributed by atoms with van der Waals surface area (Å²) in [5, 5.41) is 4.04. The molecule has 7 nitrogen and oxygen atoms in total. The second-order valence-electron chi connectivity index (χ2n) is 6.25. The second-order valence-corrected chi connectivity index (χ2v) is 6.25. The molecule has 2 saturated heterocycles. The van der Waals surface area contributed by atoms with Crippen LogP contribution in [-0.2, 0) is 16.5 Å². The van der Waals surface area contributed by atoms with E-state index in [2.05, 4.69) is 5.10 Å². The Kier molecular flexibility index (Phi) is 4.50. The van der Waals surface area contributed by atoms with Crippen LogP contribution < -0.4 is 5.56 Å². The Morgan fingerprint density at radius 2 is 2.13 bits per heavy atom. The van der Waals surface area contributed by atoms with Crippen LogP contribution in [0, 0.1) is 0 Å². The highest BCUT2D eigenvalue weighted by Gasteiger charge is 2.45. The van der Waals surface area contributed by atoms with Crippen LogP contribution in [0.25, 0.3) is 0 Å². The van der Waals surface area contributed by atoms with Gasteiger partial charge in [0, 0.05) is 39.9 Å². The molecule has 3 heterocycles. The summed E-state index contributed by atoms with van der Waals surface area (Å²) in [5.74, 6) is -0.139. The molecule has 2 fully saturated rings. The highest BCUT2D eigenvalue weighted by Crippen LogP contribution is 2.36. The smallest absolute Gasteiger partial charge is 0.274 e. The number of rotatable bonds is 2. The average molecular weight is 321 g/mol. The van der Waals surface area contributed by atoms with Crippen LogP contribution in [0.2, 0.25) is 0 Å². The Morgan fingerprint density at radius 3 is 2.78 bits per heavy atom. The molecule has 7 heteroatoms. The summed E-state index contributed by atoms with van der Waals surface area (Å²) < 4.78 is 12.9. The zero-order valence-electron chi connectivity index (χ0n) is 13.7. The van der Waals surface area contributed by atoms with Crippen molar-refractivity contribution in [3.8, 4) is 0 Å². The van der Waals surface area contributed by atoms with Crippen molar-refractivity contribution >= 4 is 5.91 Å². The number of hydrogen-bond donors (Lipinski definition) is 0. The maximum Gasteiger partial charge on any atom is 0.274 e. The standard InChI is InChI=1S/C16H23N3O4/c1-18-14(20)6-5-12(17-18)15(21)19-9-7-16(8-10-19)13(22-2)4-3-11-23-16/h5-6,13H,3-4,7-11H2,1-2H3/t13-/m1/s1. The van der Waals surface area contributed by atoms with Crippen molar-refractivity contribution in [1.29, 1.82) is 0 Å². The van der Waals surface area contributed by atoms with E-state index in [-0.39, 0.29) is 23.2 Å². The summed E-state index contributed by atoms with van der Waals surface area (Å²) in [4.78, 5) is 25.7. The third-order valence-corrected chi connectivity index (χ3v) is 4.95. The van der Waals surface area contributed by atoms with Crippen LogP contribution in [0.4, 0.5) is 0 Å². The lowest BCUT2D eigenvalue weighted by Crippen LogP contribution is -2.56. The summed E-state index contributed by atoms with van der Waals surface area (Å²) in [6, 6.07) is 2.86. The third kappa shape index (κ3) is 3.03. The first-order valence-electron chi connectivity index (χ1n) is 8.06. The van der Waals surface area contributed by atoms with E-state index in [1.54, 1.807) is 19.1 Å². The monoisotopic (exact) mass is 321 g/mol. The van der Waals surface area contributed by atoms with Gasteiger partial charge in [-0.3, -0.25) is 9.59 Å². The number of aromatic nitrogens is 2.